The number of aromatic nitrogens is 3. The molecule has 0 fully saturated rings. The van der Waals surface area contributed by atoms with Crippen LogP contribution in [0.1, 0.15) is 15.9 Å². The summed E-state index contributed by atoms with van der Waals surface area (Å²) < 4.78 is 17.8. The zero-order valence-electron chi connectivity index (χ0n) is 18.4. The van der Waals surface area contributed by atoms with Gasteiger partial charge in [-0.15, -0.1) is 10.2 Å². The first-order valence-electron chi connectivity index (χ1n) is 10.3. The first-order valence-corrected chi connectivity index (χ1v) is 11.3. The number of methoxy groups -OCH3 is 2. The molecule has 0 bridgehead atoms. The summed E-state index contributed by atoms with van der Waals surface area (Å²) in [7, 11) is 3.24. The van der Waals surface area contributed by atoms with E-state index in [2.05, 4.69) is 15.5 Å². The lowest BCUT2D eigenvalue weighted by molar-refractivity contribution is 0.0937. The number of carbonyl (C=O) groups is 1. The molecule has 8 nitrogen and oxygen atoms in total. The molecule has 0 aliphatic rings. The standard InChI is InChI=1S/C24H24N4O4S/c1-30-15-13-25-23(29)18-7-5-17(6-8-18)16-33-24-27-26-22(21-4-3-14-32-21)28(24)19-9-11-20(31-2)12-10-19/h3-12,14H,13,15-16H2,1-2H3,(H,25,29). The average molecular weight is 465 g/mol. The minimum Gasteiger partial charge on any atom is -0.497 e. The average Bonchev–Trinajstić information content (AvgIpc) is 3.53. The van der Waals surface area contributed by atoms with Gasteiger partial charge in [0.2, 0.25) is 5.82 Å². The van der Waals surface area contributed by atoms with Crippen LogP contribution in [0.3, 0.4) is 0 Å². The Bertz CT molecular complexity index is 1170. The van der Waals surface area contributed by atoms with Crippen molar-refractivity contribution in [2.75, 3.05) is 27.4 Å². The van der Waals surface area contributed by atoms with Crippen LogP contribution >= 0.6 is 11.8 Å². The van der Waals surface area contributed by atoms with Crippen LogP contribution < -0.4 is 10.1 Å². The number of nitrogens with zero attached hydrogens (tertiary/aromatic N) is 3. The third kappa shape index (κ3) is 5.44. The van der Waals surface area contributed by atoms with Gasteiger partial charge >= 0.3 is 0 Å². The zero-order valence-corrected chi connectivity index (χ0v) is 19.2. The van der Waals surface area contributed by atoms with Crippen molar-refractivity contribution in [3.63, 3.8) is 0 Å². The molecule has 0 spiro atoms. The summed E-state index contributed by atoms with van der Waals surface area (Å²) in [5.74, 6) is 2.57. The molecule has 0 aliphatic heterocycles. The van der Waals surface area contributed by atoms with E-state index in [9.17, 15) is 4.79 Å². The van der Waals surface area contributed by atoms with E-state index >= 15 is 0 Å². The second-order valence-electron chi connectivity index (χ2n) is 7.05. The normalized spacial score (nSPS) is 10.8. The quantitative estimate of drug-likeness (QED) is 0.278. The molecule has 1 N–H and O–H groups in total. The van der Waals surface area contributed by atoms with Crippen molar-refractivity contribution in [3.8, 4) is 23.0 Å². The summed E-state index contributed by atoms with van der Waals surface area (Å²) in [6.45, 7) is 0.960. The van der Waals surface area contributed by atoms with Crippen molar-refractivity contribution in [2.24, 2.45) is 0 Å². The number of hydrogen-bond acceptors (Lipinski definition) is 7. The second-order valence-corrected chi connectivity index (χ2v) is 7.99. The molecule has 4 aromatic rings. The van der Waals surface area contributed by atoms with Crippen LogP contribution in [0.5, 0.6) is 5.75 Å². The summed E-state index contributed by atoms with van der Waals surface area (Å²) in [6.07, 6.45) is 1.61. The van der Waals surface area contributed by atoms with Crippen LogP contribution in [-0.4, -0.2) is 48.0 Å². The van der Waals surface area contributed by atoms with Gasteiger partial charge < -0.3 is 19.2 Å². The van der Waals surface area contributed by atoms with Gasteiger partial charge in [-0.25, -0.2) is 0 Å². The zero-order chi connectivity index (χ0) is 23.0. The molecular formula is C24H24N4O4S. The third-order valence-corrected chi connectivity index (χ3v) is 5.88. The molecule has 2 aromatic carbocycles. The molecule has 0 radical (unpaired) electrons. The fourth-order valence-electron chi connectivity index (χ4n) is 3.16. The number of ether oxygens (including phenoxy) is 2. The van der Waals surface area contributed by atoms with Gasteiger partial charge in [-0.05, 0) is 54.1 Å². The molecule has 0 saturated carbocycles. The summed E-state index contributed by atoms with van der Waals surface area (Å²) in [5, 5.41) is 12.3. The van der Waals surface area contributed by atoms with Crippen LogP contribution in [0, 0.1) is 0 Å². The third-order valence-electron chi connectivity index (χ3n) is 4.88. The van der Waals surface area contributed by atoms with Gasteiger partial charge in [0.1, 0.15) is 5.75 Å². The predicted molar refractivity (Wildman–Crippen MR) is 126 cm³/mol. The SMILES string of the molecule is COCCNC(=O)c1ccc(CSc2nnc(-c3ccco3)n2-c2ccc(OC)cc2)cc1. The Labute approximate surface area is 195 Å². The molecule has 0 saturated heterocycles. The Balaban J connectivity index is 1.52. The minimum atomic E-state index is -0.117. The fourth-order valence-corrected chi connectivity index (χ4v) is 4.07. The Hall–Kier alpha value is -3.56. The van der Waals surface area contributed by atoms with Gasteiger partial charge in [-0.1, -0.05) is 23.9 Å². The van der Waals surface area contributed by atoms with E-state index in [0.29, 0.717) is 36.1 Å². The van der Waals surface area contributed by atoms with E-state index in [0.717, 1.165) is 22.2 Å². The summed E-state index contributed by atoms with van der Waals surface area (Å²) in [5.41, 5.74) is 2.58. The summed E-state index contributed by atoms with van der Waals surface area (Å²) in [4.78, 5) is 12.2. The van der Waals surface area contributed by atoms with Crippen molar-refractivity contribution in [3.05, 3.63) is 78.1 Å². The first kappa shape index (κ1) is 22.6. The van der Waals surface area contributed by atoms with E-state index in [4.69, 9.17) is 13.9 Å². The molecule has 0 aliphatic carbocycles. The number of thioether (sulfide) groups is 1. The van der Waals surface area contributed by atoms with E-state index in [1.54, 1.807) is 32.2 Å². The largest absolute Gasteiger partial charge is 0.497 e. The predicted octanol–water partition coefficient (Wildman–Crippen LogP) is 4.20. The lowest BCUT2D eigenvalue weighted by Crippen LogP contribution is -2.26. The van der Waals surface area contributed by atoms with E-state index < -0.39 is 0 Å². The van der Waals surface area contributed by atoms with Gasteiger partial charge in [-0.2, -0.15) is 0 Å². The summed E-state index contributed by atoms with van der Waals surface area (Å²) >= 11 is 1.55. The van der Waals surface area contributed by atoms with Gasteiger partial charge in [-0.3, -0.25) is 9.36 Å². The van der Waals surface area contributed by atoms with Crippen molar-refractivity contribution in [2.45, 2.75) is 10.9 Å². The van der Waals surface area contributed by atoms with Gasteiger partial charge in [0, 0.05) is 25.0 Å². The number of hydrogen-bond donors (Lipinski definition) is 1. The molecule has 4 rings (SSSR count). The van der Waals surface area contributed by atoms with Crippen LogP contribution in [0.2, 0.25) is 0 Å². The molecule has 2 heterocycles. The number of furan rings is 1. The Morgan fingerprint density at radius 2 is 1.85 bits per heavy atom. The minimum absolute atomic E-state index is 0.117. The van der Waals surface area contributed by atoms with Crippen LogP contribution in [-0.2, 0) is 10.5 Å². The monoisotopic (exact) mass is 464 g/mol. The Kier molecular flexibility index (Phi) is 7.43. The molecule has 2 aromatic heterocycles. The number of benzene rings is 2. The molecule has 9 heteroatoms. The van der Waals surface area contributed by atoms with Crippen molar-refractivity contribution >= 4 is 17.7 Å². The Morgan fingerprint density at radius 3 is 2.52 bits per heavy atom. The highest BCUT2D eigenvalue weighted by Crippen LogP contribution is 2.30. The van der Waals surface area contributed by atoms with Crippen LogP contribution in [0.15, 0.2) is 76.5 Å². The van der Waals surface area contributed by atoms with Crippen molar-refractivity contribution in [1.29, 1.82) is 0 Å². The number of nitrogens with one attached hydrogen (secondary N) is 1. The van der Waals surface area contributed by atoms with Gasteiger partial charge in [0.15, 0.2) is 10.9 Å². The number of amides is 1. The number of rotatable bonds is 10. The fraction of sp³-hybridized carbons (Fsp3) is 0.208. The molecule has 0 unspecified atom stereocenters. The number of carbonyl (C=O) groups excluding carboxylic acids is 1. The molecular weight excluding hydrogens is 440 g/mol. The highest BCUT2D eigenvalue weighted by Gasteiger charge is 2.18. The highest BCUT2D eigenvalue weighted by atomic mass is 32.2. The maximum Gasteiger partial charge on any atom is 0.251 e. The van der Waals surface area contributed by atoms with E-state index in [1.165, 1.54) is 0 Å². The lowest BCUT2D eigenvalue weighted by atomic mass is 10.1. The second kappa shape index (κ2) is 10.8. The smallest absolute Gasteiger partial charge is 0.251 e. The highest BCUT2D eigenvalue weighted by molar-refractivity contribution is 7.98. The maximum absolute atomic E-state index is 12.2. The van der Waals surface area contributed by atoms with Crippen molar-refractivity contribution in [1.82, 2.24) is 20.1 Å². The Morgan fingerprint density at radius 1 is 1.06 bits per heavy atom. The molecule has 0 atom stereocenters. The van der Waals surface area contributed by atoms with Crippen LogP contribution in [0.25, 0.3) is 17.3 Å². The summed E-state index contributed by atoms with van der Waals surface area (Å²) in [6, 6.07) is 18.9. The maximum atomic E-state index is 12.2. The molecule has 33 heavy (non-hydrogen) atoms. The molecule has 170 valence electrons. The topological polar surface area (TPSA) is 91.4 Å². The lowest BCUT2D eigenvalue weighted by Gasteiger charge is -2.10. The van der Waals surface area contributed by atoms with Gasteiger partial charge in [0.05, 0.1) is 25.7 Å². The van der Waals surface area contributed by atoms with Crippen LogP contribution in [0.4, 0.5) is 0 Å². The molecule has 1 amide bonds. The van der Waals surface area contributed by atoms with E-state index in [1.807, 2.05) is 65.2 Å². The first-order chi connectivity index (χ1) is 16.2. The van der Waals surface area contributed by atoms with E-state index in [-0.39, 0.29) is 5.91 Å². The van der Waals surface area contributed by atoms with Gasteiger partial charge in [0.25, 0.3) is 5.91 Å². The van der Waals surface area contributed by atoms with Crippen molar-refractivity contribution < 1.29 is 18.7 Å².